The van der Waals surface area contributed by atoms with E-state index in [-0.39, 0.29) is 10.7 Å². The predicted octanol–water partition coefficient (Wildman–Crippen LogP) is -1.69. The van der Waals surface area contributed by atoms with Gasteiger partial charge in [-0.15, -0.1) is 0 Å². The predicted molar refractivity (Wildman–Crippen MR) is 31.0 cm³/mol. The van der Waals surface area contributed by atoms with Gasteiger partial charge in [0, 0.05) is 0 Å². The van der Waals surface area contributed by atoms with Gasteiger partial charge in [0.2, 0.25) is 5.91 Å². The largest absolute Gasteiger partial charge is 0.363 e. The second kappa shape index (κ2) is 1.91. The average molecular weight is 166 g/mol. The van der Waals surface area contributed by atoms with Crippen molar-refractivity contribution in [1.29, 1.82) is 0 Å². The van der Waals surface area contributed by atoms with Crippen molar-refractivity contribution in [1.82, 2.24) is 4.31 Å². The molecule has 0 aromatic rings. The van der Waals surface area contributed by atoms with E-state index in [0.717, 1.165) is 0 Å². The Labute approximate surface area is 57.5 Å². The van der Waals surface area contributed by atoms with Crippen LogP contribution in [0.4, 0.5) is 0 Å². The second-order valence-electron chi connectivity index (χ2n) is 1.94. The summed E-state index contributed by atoms with van der Waals surface area (Å²) in [4.78, 5) is 10.4. The van der Waals surface area contributed by atoms with Gasteiger partial charge in [-0.2, -0.15) is 12.7 Å². The molecule has 1 heterocycles. The van der Waals surface area contributed by atoms with E-state index < -0.39 is 22.4 Å². The Kier molecular flexibility index (Phi) is 1.42. The first-order valence-corrected chi connectivity index (χ1v) is 3.88. The van der Waals surface area contributed by atoms with Crippen molar-refractivity contribution in [3.8, 4) is 0 Å². The summed E-state index contributed by atoms with van der Waals surface area (Å²) in [5, 5.41) is 0. The van der Waals surface area contributed by atoms with Crippen LogP contribution >= 0.6 is 0 Å². The molecule has 1 atom stereocenters. The number of nitrogens with zero attached hydrogens (tertiary/aromatic N) is 1. The molecule has 0 aliphatic carbocycles. The molecule has 1 aliphatic heterocycles. The molecule has 0 saturated carbocycles. The average Bonchev–Trinajstić information content (AvgIpc) is 1.58. The second-order valence-corrected chi connectivity index (χ2v) is 3.23. The van der Waals surface area contributed by atoms with Crippen LogP contribution in [0.5, 0.6) is 0 Å². The van der Waals surface area contributed by atoms with Crippen LogP contribution in [-0.2, 0) is 15.1 Å². The Hall–Kier alpha value is -0.660. The van der Waals surface area contributed by atoms with Crippen LogP contribution in [0, 0.1) is 0 Å². The van der Waals surface area contributed by atoms with E-state index in [1.165, 1.54) is 0 Å². The van der Waals surface area contributed by atoms with E-state index in [1.54, 1.807) is 0 Å². The first-order chi connectivity index (χ1) is 4.43. The van der Waals surface area contributed by atoms with E-state index in [9.17, 15) is 13.2 Å². The minimum atomic E-state index is -4.41. The van der Waals surface area contributed by atoms with Crippen molar-refractivity contribution in [2.24, 2.45) is 5.73 Å². The van der Waals surface area contributed by atoms with Crippen LogP contribution in [0.3, 0.4) is 0 Å². The zero-order valence-electron chi connectivity index (χ0n) is 4.89. The van der Waals surface area contributed by atoms with Gasteiger partial charge in [-0.25, -0.2) is 0 Å². The Morgan fingerprint density at radius 2 is 2.20 bits per heavy atom. The molecular formula is C3H6N2O4S. The molecule has 0 spiro atoms. The number of nitrogens with two attached hydrogens (primary N) is 1. The van der Waals surface area contributed by atoms with Crippen molar-refractivity contribution in [3.05, 3.63) is 0 Å². The van der Waals surface area contributed by atoms with Gasteiger partial charge in [0.05, 0.1) is 6.42 Å². The van der Waals surface area contributed by atoms with Crippen LogP contribution in [0.15, 0.2) is 0 Å². The van der Waals surface area contributed by atoms with Gasteiger partial charge in [0.25, 0.3) is 0 Å². The number of amides is 1. The van der Waals surface area contributed by atoms with Gasteiger partial charge in [-0.3, -0.25) is 9.35 Å². The van der Waals surface area contributed by atoms with Crippen molar-refractivity contribution in [2.75, 3.05) is 0 Å². The zero-order chi connectivity index (χ0) is 7.94. The lowest BCUT2D eigenvalue weighted by molar-refractivity contribution is -0.137. The summed E-state index contributed by atoms with van der Waals surface area (Å²) in [6, 6.07) is 0. The first kappa shape index (κ1) is 7.45. The van der Waals surface area contributed by atoms with E-state index in [2.05, 4.69) is 0 Å². The molecule has 1 saturated heterocycles. The summed E-state index contributed by atoms with van der Waals surface area (Å²) in [6.07, 6.45) is -0.915. The summed E-state index contributed by atoms with van der Waals surface area (Å²) in [5.41, 5.74) is 5.07. The highest BCUT2D eigenvalue weighted by atomic mass is 32.2. The minimum absolute atomic E-state index is 0.0280. The van der Waals surface area contributed by atoms with Crippen LogP contribution in [0.2, 0.25) is 0 Å². The smallest absolute Gasteiger partial charge is 0.310 e. The van der Waals surface area contributed by atoms with Crippen molar-refractivity contribution in [2.45, 2.75) is 12.6 Å². The van der Waals surface area contributed by atoms with Crippen LogP contribution in [0.1, 0.15) is 6.42 Å². The maximum atomic E-state index is 10.4. The monoisotopic (exact) mass is 166 g/mol. The fraction of sp³-hybridized carbons (Fsp3) is 0.667. The first-order valence-electron chi connectivity index (χ1n) is 2.48. The van der Waals surface area contributed by atoms with E-state index in [4.69, 9.17) is 10.3 Å². The van der Waals surface area contributed by atoms with Gasteiger partial charge in [0.1, 0.15) is 6.17 Å². The maximum Gasteiger partial charge on any atom is 0.363 e. The number of carbonyl (C=O) groups excluding carboxylic acids is 1. The summed E-state index contributed by atoms with van der Waals surface area (Å²) in [6.45, 7) is 0. The highest BCUT2D eigenvalue weighted by molar-refractivity contribution is 7.84. The van der Waals surface area contributed by atoms with Crippen LogP contribution < -0.4 is 5.73 Å². The van der Waals surface area contributed by atoms with Gasteiger partial charge in [0.15, 0.2) is 0 Å². The lowest BCUT2D eigenvalue weighted by Crippen LogP contribution is -2.59. The van der Waals surface area contributed by atoms with E-state index in [1.807, 2.05) is 0 Å². The SMILES string of the molecule is NC1CC(=O)N1S(=O)(=O)O. The molecule has 0 bridgehead atoms. The van der Waals surface area contributed by atoms with Crippen molar-refractivity contribution >= 4 is 16.2 Å². The number of hydrogen-bond donors (Lipinski definition) is 2. The topological polar surface area (TPSA) is 101 Å². The molecule has 1 amide bonds. The Morgan fingerprint density at radius 3 is 2.30 bits per heavy atom. The normalized spacial score (nSPS) is 26.4. The molecule has 58 valence electrons. The number of hydrogen-bond acceptors (Lipinski definition) is 4. The van der Waals surface area contributed by atoms with E-state index >= 15 is 0 Å². The third kappa shape index (κ3) is 0.981. The van der Waals surface area contributed by atoms with Gasteiger partial charge < -0.3 is 5.73 Å². The quantitative estimate of drug-likeness (QED) is 0.357. The highest BCUT2D eigenvalue weighted by Gasteiger charge is 2.41. The fourth-order valence-corrected chi connectivity index (χ4v) is 1.47. The molecule has 1 fully saturated rings. The number of β-lactam (4-membered cyclic amide) rings is 1. The Bertz CT molecular complexity index is 258. The summed E-state index contributed by atoms with van der Waals surface area (Å²) < 4.78 is 28.9. The van der Waals surface area contributed by atoms with Crippen LogP contribution in [-0.4, -0.2) is 29.3 Å². The van der Waals surface area contributed by atoms with Crippen molar-refractivity contribution < 1.29 is 17.8 Å². The highest BCUT2D eigenvalue weighted by Crippen LogP contribution is 2.17. The minimum Gasteiger partial charge on any atom is -0.310 e. The summed E-state index contributed by atoms with van der Waals surface area (Å²) >= 11 is 0. The molecular weight excluding hydrogens is 160 g/mol. The molecule has 7 heteroatoms. The molecule has 1 unspecified atom stereocenters. The zero-order valence-corrected chi connectivity index (χ0v) is 5.71. The number of rotatable bonds is 1. The molecule has 1 rings (SSSR count). The molecule has 10 heavy (non-hydrogen) atoms. The number of carbonyl (C=O) groups is 1. The summed E-state index contributed by atoms with van der Waals surface area (Å²) in [7, 11) is -4.41. The van der Waals surface area contributed by atoms with Crippen LogP contribution in [0.25, 0.3) is 0 Å². The Balaban J connectivity index is 2.84. The van der Waals surface area contributed by atoms with E-state index in [0.29, 0.717) is 0 Å². The Morgan fingerprint density at radius 1 is 1.70 bits per heavy atom. The molecule has 0 aromatic heterocycles. The molecule has 0 radical (unpaired) electrons. The standard InChI is InChI=1S/C3H6N2O4S/c4-2-1-3(6)5(2)10(7,8)9/h2H,1,4H2,(H,7,8,9). The van der Waals surface area contributed by atoms with Crippen molar-refractivity contribution in [3.63, 3.8) is 0 Å². The van der Waals surface area contributed by atoms with Gasteiger partial charge in [-0.05, 0) is 0 Å². The summed E-state index contributed by atoms with van der Waals surface area (Å²) in [5.74, 6) is -0.671. The lowest BCUT2D eigenvalue weighted by atomic mass is 10.2. The lowest BCUT2D eigenvalue weighted by Gasteiger charge is -2.33. The maximum absolute atomic E-state index is 10.4. The molecule has 1 aliphatic rings. The van der Waals surface area contributed by atoms with Gasteiger partial charge in [-0.1, -0.05) is 0 Å². The molecule has 3 N–H and O–H groups in total. The van der Waals surface area contributed by atoms with Gasteiger partial charge >= 0.3 is 10.3 Å². The molecule has 0 aromatic carbocycles. The third-order valence-electron chi connectivity index (χ3n) is 1.18. The fourth-order valence-electron chi connectivity index (χ4n) is 0.724. The molecule has 6 nitrogen and oxygen atoms in total. The third-order valence-corrected chi connectivity index (χ3v) is 2.15.